The Hall–Kier alpha value is -4.50. The zero-order valence-corrected chi connectivity index (χ0v) is 16.3. The van der Waals surface area contributed by atoms with E-state index in [1.54, 1.807) is 29.4 Å². The Labute approximate surface area is 172 Å². The van der Waals surface area contributed by atoms with Crippen molar-refractivity contribution in [1.82, 2.24) is 19.5 Å². The van der Waals surface area contributed by atoms with Crippen molar-refractivity contribution in [3.63, 3.8) is 0 Å². The minimum absolute atomic E-state index is 0.206. The number of amidine groups is 1. The molecule has 2 aliphatic rings. The van der Waals surface area contributed by atoms with Crippen molar-refractivity contribution < 1.29 is 14.3 Å². The van der Waals surface area contributed by atoms with Crippen molar-refractivity contribution >= 4 is 29.5 Å². The van der Waals surface area contributed by atoms with Crippen LogP contribution in [0, 0.1) is 11.8 Å². The highest BCUT2D eigenvalue weighted by molar-refractivity contribution is 6.07. The molecular weight excluding hydrogens is 382 g/mol. The fourth-order valence-electron chi connectivity index (χ4n) is 2.75. The van der Waals surface area contributed by atoms with Gasteiger partial charge in [-0.2, -0.15) is 0 Å². The van der Waals surface area contributed by atoms with Crippen LogP contribution in [-0.2, 0) is 0 Å². The lowest BCUT2D eigenvalue weighted by Gasteiger charge is -2.07. The second kappa shape index (κ2) is 8.25. The van der Waals surface area contributed by atoms with Crippen LogP contribution in [0.25, 0.3) is 0 Å². The normalized spacial score (nSPS) is 13.5. The number of methoxy groups -OCH3 is 1. The average Bonchev–Trinajstić information content (AvgIpc) is 3.20. The maximum atomic E-state index is 12.5. The summed E-state index contributed by atoms with van der Waals surface area (Å²) in [7, 11) is 1.45. The van der Waals surface area contributed by atoms with Crippen molar-refractivity contribution in [3.05, 3.63) is 59.8 Å². The summed E-state index contributed by atoms with van der Waals surface area (Å²) in [4.78, 5) is 26.2. The number of nitrogens with one attached hydrogen (secondary N) is 1. The van der Waals surface area contributed by atoms with Gasteiger partial charge in [-0.05, 0) is 18.2 Å². The first-order valence-corrected chi connectivity index (χ1v) is 9.15. The molecule has 30 heavy (non-hydrogen) atoms. The number of nitrogens with zero attached hydrogens (tertiary/aromatic N) is 6. The van der Waals surface area contributed by atoms with Crippen LogP contribution in [0.2, 0.25) is 0 Å². The van der Waals surface area contributed by atoms with Gasteiger partial charge in [0, 0.05) is 29.8 Å². The third-order valence-corrected chi connectivity index (χ3v) is 4.27. The number of amides is 1. The summed E-state index contributed by atoms with van der Waals surface area (Å²) in [5, 5.41) is 6.94. The summed E-state index contributed by atoms with van der Waals surface area (Å²) in [6.45, 7) is 2.03. The van der Waals surface area contributed by atoms with Gasteiger partial charge >= 0.3 is 12.2 Å². The molecule has 4 rings (SSSR count). The fraction of sp³-hybridized carbons (Fsp3) is 0.143. The number of hydrogen-bond donors (Lipinski definition) is 1. The zero-order chi connectivity index (χ0) is 20.9. The molecule has 9 nitrogen and oxygen atoms in total. The van der Waals surface area contributed by atoms with E-state index in [0.29, 0.717) is 22.9 Å². The Morgan fingerprint density at radius 2 is 2.23 bits per heavy atom. The second-order valence-electron chi connectivity index (χ2n) is 6.22. The Morgan fingerprint density at radius 3 is 3.07 bits per heavy atom. The number of aromatic nitrogens is 2. The number of allylic oxidation sites excluding steroid dienone is 1. The Balaban J connectivity index is 1.51. The third kappa shape index (κ3) is 3.86. The van der Waals surface area contributed by atoms with Gasteiger partial charge in [-0.15, -0.1) is 4.90 Å². The fourth-order valence-corrected chi connectivity index (χ4v) is 2.75. The van der Waals surface area contributed by atoms with Gasteiger partial charge in [0.15, 0.2) is 0 Å². The molecular formula is C21H17N7O2+2. The van der Waals surface area contributed by atoms with Gasteiger partial charge in [0.1, 0.15) is 11.9 Å². The van der Waals surface area contributed by atoms with Crippen molar-refractivity contribution in [2.24, 2.45) is 5.11 Å². The first-order valence-electron chi connectivity index (χ1n) is 9.15. The first-order chi connectivity index (χ1) is 14.7. The highest BCUT2D eigenvalue weighted by Crippen LogP contribution is 2.16. The molecule has 0 unspecified atom stereocenters. The lowest BCUT2D eigenvalue weighted by Crippen LogP contribution is -2.29. The molecule has 1 aromatic heterocycles. The molecule has 0 fully saturated rings. The van der Waals surface area contributed by atoms with Crippen LogP contribution in [0.1, 0.15) is 29.3 Å². The Morgan fingerprint density at radius 1 is 1.33 bits per heavy atom. The standard InChI is InChI=1S/C21H16N7O2/c1-3-15-10-19-27-26-18(28(19)13-24-15)8-7-14-5-4-6-16(9-14)25-20(29)17-11-22-12-23-21(17)30-2/h4-6,9-13H,3H2,1-2H3/q+1/p+1. The van der Waals surface area contributed by atoms with E-state index in [4.69, 9.17) is 4.74 Å². The SMILES string of the molecule is CCC1=[N+]=CN2C(=C1)N=[N+]=C2C#Cc1cccc(NC(=O)c2cncnc2OC)c1. The van der Waals surface area contributed by atoms with E-state index in [2.05, 4.69) is 41.7 Å². The molecule has 0 saturated carbocycles. The van der Waals surface area contributed by atoms with Crippen LogP contribution in [0.5, 0.6) is 5.88 Å². The van der Waals surface area contributed by atoms with Crippen LogP contribution < -0.4 is 14.7 Å². The molecule has 1 amide bonds. The Bertz CT molecular complexity index is 1250. The van der Waals surface area contributed by atoms with Crippen molar-refractivity contribution in [1.29, 1.82) is 0 Å². The average molecular weight is 399 g/mol. The van der Waals surface area contributed by atoms with E-state index in [0.717, 1.165) is 12.1 Å². The van der Waals surface area contributed by atoms with Crippen molar-refractivity contribution in [3.8, 4) is 17.7 Å². The van der Waals surface area contributed by atoms with E-state index >= 15 is 0 Å². The summed E-state index contributed by atoms with van der Waals surface area (Å²) >= 11 is 0. The second-order valence-corrected chi connectivity index (χ2v) is 6.22. The number of ether oxygens (including phenoxy) is 1. The molecule has 0 spiro atoms. The van der Waals surface area contributed by atoms with Crippen LogP contribution in [0.4, 0.5) is 5.69 Å². The monoisotopic (exact) mass is 399 g/mol. The van der Waals surface area contributed by atoms with Crippen molar-refractivity contribution in [2.45, 2.75) is 13.3 Å². The molecule has 0 aliphatic carbocycles. The summed E-state index contributed by atoms with van der Waals surface area (Å²) in [5.41, 5.74) is 2.47. The number of benzene rings is 1. The lowest BCUT2D eigenvalue weighted by molar-refractivity contribution is -0.0718. The van der Waals surface area contributed by atoms with E-state index in [-0.39, 0.29) is 17.4 Å². The van der Waals surface area contributed by atoms with Crippen LogP contribution >= 0.6 is 0 Å². The van der Waals surface area contributed by atoms with Gasteiger partial charge in [0.2, 0.25) is 11.6 Å². The molecule has 0 bridgehead atoms. The molecule has 9 heteroatoms. The molecule has 1 N–H and O–H groups in total. The highest BCUT2D eigenvalue weighted by atomic mass is 16.5. The van der Waals surface area contributed by atoms with Crippen LogP contribution in [-0.4, -0.2) is 50.6 Å². The van der Waals surface area contributed by atoms with Gasteiger partial charge in [0.25, 0.3) is 11.7 Å². The predicted molar refractivity (Wildman–Crippen MR) is 111 cm³/mol. The maximum Gasteiger partial charge on any atom is 0.469 e. The van der Waals surface area contributed by atoms with Crippen molar-refractivity contribution in [2.75, 3.05) is 12.4 Å². The lowest BCUT2D eigenvalue weighted by atomic mass is 10.2. The smallest absolute Gasteiger partial charge is 0.469 e. The number of fused-ring (bicyclic) bond motifs is 1. The van der Waals surface area contributed by atoms with E-state index < -0.39 is 0 Å². The molecule has 2 aliphatic heterocycles. The Kier molecular flexibility index (Phi) is 5.18. The zero-order valence-electron chi connectivity index (χ0n) is 16.3. The third-order valence-electron chi connectivity index (χ3n) is 4.27. The maximum absolute atomic E-state index is 12.5. The minimum atomic E-state index is -0.376. The van der Waals surface area contributed by atoms with E-state index in [1.165, 1.54) is 19.6 Å². The summed E-state index contributed by atoms with van der Waals surface area (Å²) < 4.78 is 9.45. The van der Waals surface area contributed by atoms with Crippen LogP contribution in [0.3, 0.4) is 0 Å². The van der Waals surface area contributed by atoms with Gasteiger partial charge in [0.05, 0.1) is 18.3 Å². The number of hydrogen-bond acceptors (Lipinski definition) is 6. The van der Waals surface area contributed by atoms with Crippen LogP contribution in [0.15, 0.2) is 53.8 Å². The molecule has 0 atom stereocenters. The number of carbonyl (C=O) groups is 1. The molecule has 2 aromatic rings. The minimum Gasteiger partial charge on any atom is -0.480 e. The van der Waals surface area contributed by atoms with E-state index in [1.807, 2.05) is 19.1 Å². The quantitative estimate of drug-likeness (QED) is 0.615. The number of rotatable bonds is 4. The molecule has 1 aromatic carbocycles. The summed E-state index contributed by atoms with van der Waals surface area (Å²) in [6, 6.07) is 7.17. The molecule has 3 heterocycles. The van der Waals surface area contributed by atoms with Gasteiger partial charge < -0.3 is 10.1 Å². The topological polar surface area (TPSA) is 108 Å². The molecule has 0 saturated heterocycles. The highest BCUT2D eigenvalue weighted by Gasteiger charge is 2.35. The molecule has 146 valence electrons. The molecule has 0 radical (unpaired) electrons. The number of carbonyl (C=O) groups excluding carboxylic acids is 1. The predicted octanol–water partition coefficient (Wildman–Crippen LogP) is 1.27. The first kappa shape index (κ1) is 18.8. The van der Waals surface area contributed by atoms with Gasteiger partial charge in [-0.25, -0.2) is 14.6 Å². The number of anilines is 1. The summed E-state index contributed by atoms with van der Waals surface area (Å²) in [6.07, 6.45) is 7.10. The van der Waals surface area contributed by atoms with Gasteiger partial charge in [-0.1, -0.05) is 23.7 Å². The van der Waals surface area contributed by atoms with E-state index in [9.17, 15) is 4.79 Å². The van der Waals surface area contributed by atoms with Gasteiger partial charge in [-0.3, -0.25) is 4.79 Å². The summed E-state index contributed by atoms with van der Waals surface area (Å²) in [5.74, 6) is 7.06. The largest absolute Gasteiger partial charge is 0.480 e.